The van der Waals surface area contributed by atoms with E-state index in [1.807, 2.05) is 0 Å². The Morgan fingerprint density at radius 1 is 1.16 bits per heavy atom. The number of hydrogen-bond donors (Lipinski definition) is 0. The van der Waals surface area contributed by atoms with E-state index in [4.69, 9.17) is 4.52 Å². The highest BCUT2D eigenvalue weighted by Gasteiger charge is 2.22. The Hall–Kier alpha value is -3.10. The van der Waals surface area contributed by atoms with Crippen LogP contribution in [0, 0.1) is 16.0 Å². The molecule has 8 heteroatoms. The first-order valence-corrected chi connectivity index (χ1v) is 10.6. The van der Waals surface area contributed by atoms with Crippen molar-refractivity contribution in [3.8, 4) is 11.4 Å². The number of nitrogens with zero attached hydrogens (tertiary/aromatic N) is 5. The summed E-state index contributed by atoms with van der Waals surface area (Å²) in [5, 5.41) is 15.0. The summed E-state index contributed by atoms with van der Waals surface area (Å²) in [5.74, 6) is 1.62. The van der Waals surface area contributed by atoms with E-state index >= 15 is 0 Å². The highest BCUT2D eigenvalue weighted by atomic mass is 16.6. The van der Waals surface area contributed by atoms with Gasteiger partial charge in [-0.3, -0.25) is 15.0 Å². The Labute approximate surface area is 181 Å². The van der Waals surface area contributed by atoms with Gasteiger partial charge in [-0.25, -0.2) is 0 Å². The Morgan fingerprint density at radius 2 is 1.94 bits per heavy atom. The van der Waals surface area contributed by atoms with Crippen LogP contribution >= 0.6 is 0 Å². The van der Waals surface area contributed by atoms with Crippen LogP contribution in [0.1, 0.15) is 24.3 Å². The van der Waals surface area contributed by atoms with Crippen molar-refractivity contribution < 1.29 is 9.45 Å². The minimum Gasteiger partial charge on any atom is -0.338 e. The molecule has 2 heterocycles. The maximum Gasteiger partial charge on any atom is 0.270 e. The van der Waals surface area contributed by atoms with Gasteiger partial charge in [-0.1, -0.05) is 47.6 Å². The van der Waals surface area contributed by atoms with Crippen molar-refractivity contribution in [3.05, 3.63) is 76.2 Å². The van der Waals surface area contributed by atoms with Crippen molar-refractivity contribution in [1.29, 1.82) is 0 Å². The summed E-state index contributed by atoms with van der Waals surface area (Å²) in [5.41, 5.74) is 1.95. The summed E-state index contributed by atoms with van der Waals surface area (Å²) in [6.07, 6.45) is 2.29. The van der Waals surface area contributed by atoms with E-state index in [9.17, 15) is 10.1 Å². The molecule has 1 aliphatic heterocycles. The van der Waals surface area contributed by atoms with Crippen molar-refractivity contribution in [1.82, 2.24) is 19.9 Å². The summed E-state index contributed by atoms with van der Waals surface area (Å²) < 4.78 is 5.40. The maximum atomic E-state index is 11.0. The molecule has 1 fully saturated rings. The van der Waals surface area contributed by atoms with E-state index in [0.29, 0.717) is 29.7 Å². The van der Waals surface area contributed by atoms with Gasteiger partial charge in [-0.2, -0.15) is 4.98 Å². The second-order valence-electron chi connectivity index (χ2n) is 8.22. The smallest absolute Gasteiger partial charge is 0.270 e. The summed E-state index contributed by atoms with van der Waals surface area (Å²) in [7, 11) is 2.19. The minimum atomic E-state index is -0.425. The topological polar surface area (TPSA) is 88.5 Å². The van der Waals surface area contributed by atoms with E-state index in [2.05, 4.69) is 57.3 Å². The van der Waals surface area contributed by atoms with Gasteiger partial charge < -0.3 is 9.42 Å². The number of aromatic nitrogens is 2. The summed E-state index contributed by atoms with van der Waals surface area (Å²) >= 11 is 0. The fourth-order valence-electron chi connectivity index (χ4n) is 4.11. The number of benzene rings is 2. The standard InChI is InChI=1S/C23H27N5O3/c1-26(15-18-6-3-2-4-7-18)16-19-10-12-27(13-11-19)17-22-24-23(25-31-22)20-8-5-9-21(14-20)28(29)30/h2-9,14,19H,10-13,15-17H2,1H3. The predicted octanol–water partition coefficient (Wildman–Crippen LogP) is 3.99. The maximum absolute atomic E-state index is 11.0. The SMILES string of the molecule is CN(Cc1ccccc1)CC1CCN(Cc2nc(-c3cccc([N+](=O)[O-])c3)no2)CC1. The van der Waals surface area contributed by atoms with Crippen LogP contribution in [-0.2, 0) is 13.1 Å². The second-order valence-corrected chi connectivity index (χ2v) is 8.22. The molecule has 0 radical (unpaired) electrons. The molecule has 31 heavy (non-hydrogen) atoms. The molecule has 0 aliphatic carbocycles. The predicted molar refractivity (Wildman–Crippen MR) is 117 cm³/mol. The molecule has 0 atom stereocenters. The number of hydrogen-bond acceptors (Lipinski definition) is 7. The van der Waals surface area contributed by atoms with Crippen LogP contribution in [0.4, 0.5) is 5.69 Å². The van der Waals surface area contributed by atoms with Crippen molar-refractivity contribution in [2.45, 2.75) is 25.9 Å². The molecule has 0 amide bonds. The van der Waals surface area contributed by atoms with Crippen molar-refractivity contribution in [2.24, 2.45) is 5.92 Å². The van der Waals surface area contributed by atoms with Crippen molar-refractivity contribution in [3.63, 3.8) is 0 Å². The highest BCUT2D eigenvalue weighted by Crippen LogP contribution is 2.23. The third kappa shape index (κ3) is 5.74. The molecule has 0 unspecified atom stereocenters. The number of nitro groups is 1. The van der Waals surface area contributed by atoms with Gasteiger partial charge in [0.1, 0.15) is 0 Å². The monoisotopic (exact) mass is 421 g/mol. The lowest BCUT2D eigenvalue weighted by molar-refractivity contribution is -0.384. The first-order chi connectivity index (χ1) is 15.1. The average molecular weight is 422 g/mol. The van der Waals surface area contributed by atoms with Gasteiger partial charge in [0.05, 0.1) is 11.5 Å². The Bertz CT molecular complexity index is 999. The molecular formula is C23H27N5O3. The minimum absolute atomic E-state index is 0.0168. The third-order valence-corrected chi connectivity index (χ3v) is 5.71. The molecule has 4 rings (SSSR count). The molecule has 1 saturated heterocycles. The Balaban J connectivity index is 1.26. The van der Waals surface area contributed by atoms with Gasteiger partial charge in [0.2, 0.25) is 11.7 Å². The van der Waals surface area contributed by atoms with E-state index in [1.165, 1.54) is 17.7 Å². The van der Waals surface area contributed by atoms with Crippen LogP contribution in [0.2, 0.25) is 0 Å². The van der Waals surface area contributed by atoms with E-state index in [-0.39, 0.29) is 5.69 Å². The number of non-ortho nitro benzene ring substituents is 1. The molecule has 162 valence electrons. The highest BCUT2D eigenvalue weighted by molar-refractivity contribution is 5.58. The first-order valence-electron chi connectivity index (χ1n) is 10.6. The largest absolute Gasteiger partial charge is 0.338 e. The number of likely N-dealkylation sites (tertiary alicyclic amines) is 1. The molecule has 8 nitrogen and oxygen atoms in total. The lowest BCUT2D eigenvalue weighted by Crippen LogP contribution is -2.37. The quantitative estimate of drug-likeness (QED) is 0.401. The van der Waals surface area contributed by atoms with Gasteiger partial charge in [0, 0.05) is 30.8 Å². The van der Waals surface area contributed by atoms with Crippen LogP contribution in [0.5, 0.6) is 0 Å². The van der Waals surface area contributed by atoms with Gasteiger partial charge in [-0.05, 0) is 44.5 Å². The molecule has 2 aromatic carbocycles. The average Bonchev–Trinajstić information content (AvgIpc) is 3.24. The van der Waals surface area contributed by atoms with Crippen LogP contribution in [-0.4, -0.2) is 51.5 Å². The van der Waals surface area contributed by atoms with E-state index in [0.717, 1.165) is 39.0 Å². The number of piperidine rings is 1. The lowest BCUT2D eigenvalue weighted by Gasteiger charge is -2.33. The summed E-state index contributed by atoms with van der Waals surface area (Å²) in [6, 6.07) is 16.9. The first kappa shape index (κ1) is 21.1. The normalized spacial score (nSPS) is 15.4. The van der Waals surface area contributed by atoms with Crippen LogP contribution in [0.15, 0.2) is 59.1 Å². The molecule has 0 N–H and O–H groups in total. The fourth-order valence-corrected chi connectivity index (χ4v) is 4.11. The molecular weight excluding hydrogens is 394 g/mol. The molecule has 3 aromatic rings. The molecule has 0 bridgehead atoms. The Morgan fingerprint density at radius 3 is 2.68 bits per heavy atom. The van der Waals surface area contributed by atoms with E-state index in [1.54, 1.807) is 12.1 Å². The zero-order valence-corrected chi connectivity index (χ0v) is 17.7. The summed E-state index contributed by atoms with van der Waals surface area (Å²) in [4.78, 5) is 19.7. The fraction of sp³-hybridized carbons (Fsp3) is 0.391. The van der Waals surface area contributed by atoms with E-state index < -0.39 is 4.92 Å². The van der Waals surface area contributed by atoms with Gasteiger partial charge in [0.15, 0.2) is 0 Å². The van der Waals surface area contributed by atoms with Gasteiger partial charge >= 0.3 is 0 Å². The zero-order valence-electron chi connectivity index (χ0n) is 17.7. The molecule has 0 spiro atoms. The van der Waals surface area contributed by atoms with Crippen LogP contribution < -0.4 is 0 Å². The molecule has 1 aliphatic rings. The summed E-state index contributed by atoms with van der Waals surface area (Å²) in [6.45, 7) is 4.68. The third-order valence-electron chi connectivity index (χ3n) is 5.71. The van der Waals surface area contributed by atoms with Crippen molar-refractivity contribution >= 4 is 5.69 Å². The van der Waals surface area contributed by atoms with Gasteiger partial charge in [0.25, 0.3) is 5.69 Å². The lowest BCUT2D eigenvalue weighted by atomic mass is 9.96. The number of rotatable bonds is 8. The van der Waals surface area contributed by atoms with Crippen molar-refractivity contribution in [2.75, 3.05) is 26.7 Å². The second kappa shape index (κ2) is 9.80. The Kier molecular flexibility index (Phi) is 6.69. The van der Waals surface area contributed by atoms with Crippen LogP contribution in [0.3, 0.4) is 0 Å². The zero-order chi connectivity index (χ0) is 21.6. The van der Waals surface area contributed by atoms with Gasteiger partial charge in [-0.15, -0.1) is 0 Å². The molecule has 1 aromatic heterocycles. The number of nitro benzene ring substituents is 1. The molecule has 0 saturated carbocycles. The van der Waals surface area contributed by atoms with Crippen LogP contribution in [0.25, 0.3) is 11.4 Å².